The van der Waals surface area contributed by atoms with E-state index in [-0.39, 0.29) is 12.5 Å². The van der Waals surface area contributed by atoms with Crippen LogP contribution < -0.4 is 10.6 Å². The van der Waals surface area contributed by atoms with Crippen LogP contribution in [-0.4, -0.2) is 22.6 Å². The van der Waals surface area contributed by atoms with E-state index in [9.17, 15) is 9.59 Å². The number of anilines is 1. The Hall–Kier alpha value is -1.31. The monoisotopic (exact) mass is 374 g/mol. The molecular weight excluding hydrogens is 359 g/mol. The molecule has 0 aromatic heterocycles. The number of halogens is 1. The fourth-order valence-electron chi connectivity index (χ4n) is 2.21. The SMILES string of the molecule is O=C(O)CC1(NC(=O)Nc2cccc(I)c2)CCC1. The fraction of sp³-hybridized carbons (Fsp3) is 0.385. The van der Waals surface area contributed by atoms with E-state index in [1.165, 1.54) is 0 Å². The maximum atomic E-state index is 11.9. The summed E-state index contributed by atoms with van der Waals surface area (Å²) >= 11 is 2.17. The number of carbonyl (C=O) groups excluding carboxylic acids is 1. The summed E-state index contributed by atoms with van der Waals surface area (Å²) < 4.78 is 1.03. The van der Waals surface area contributed by atoms with Crippen molar-refractivity contribution in [2.24, 2.45) is 0 Å². The molecule has 2 amide bonds. The minimum absolute atomic E-state index is 0.0211. The van der Waals surface area contributed by atoms with Crippen LogP contribution in [0.15, 0.2) is 24.3 Å². The molecular formula is C13H15IN2O3. The van der Waals surface area contributed by atoms with Crippen LogP contribution in [-0.2, 0) is 4.79 Å². The molecule has 3 N–H and O–H groups in total. The highest BCUT2D eigenvalue weighted by Gasteiger charge is 2.40. The number of hydrogen-bond acceptors (Lipinski definition) is 2. The van der Waals surface area contributed by atoms with Crippen molar-refractivity contribution < 1.29 is 14.7 Å². The summed E-state index contributed by atoms with van der Waals surface area (Å²) in [5, 5.41) is 14.4. The second kappa shape index (κ2) is 5.77. The molecule has 0 unspecified atom stereocenters. The molecule has 1 aliphatic rings. The van der Waals surface area contributed by atoms with Crippen molar-refractivity contribution in [1.82, 2.24) is 5.32 Å². The van der Waals surface area contributed by atoms with Gasteiger partial charge in [0.05, 0.1) is 12.0 Å². The first kappa shape index (κ1) is 14.1. The topological polar surface area (TPSA) is 78.4 Å². The molecule has 0 saturated heterocycles. The Bertz CT molecular complexity index is 500. The maximum Gasteiger partial charge on any atom is 0.319 e. The first-order valence-electron chi connectivity index (χ1n) is 6.06. The van der Waals surface area contributed by atoms with Gasteiger partial charge in [-0.05, 0) is 60.1 Å². The molecule has 0 bridgehead atoms. The average molecular weight is 374 g/mol. The van der Waals surface area contributed by atoms with E-state index in [2.05, 4.69) is 33.2 Å². The molecule has 1 fully saturated rings. The highest BCUT2D eigenvalue weighted by Crippen LogP contribution is 2.34. The fourth-order valence-corrected chi connectivity index (χ4v) is 2.75. The van der Waals surface area contributed by atoms with Crippen molar-refractivity contribution >= 4 is 40.3 Å². The van der Waals surface area contributed by atoms with Crippen LogP contribution in [0.25, 0.3) is 0 Å². The lowest BCUT2D eigenvalue weighted by molar-refractivity contribution is -0.139. The highest BCUT2D eigenvalue weighted by atomic mass is 127. The first-order valence-corrected chi connectivity index (χ1v) is 7.14. The minimum Gasteiger partial charge on any atom is -0.481 e. The number of hydrogen-bond donors (Lipinski definition) is 3. The van der Waals surface area contributed by atoms with Crippen molar-refractivity contribution in [2.45, 2.75) is 31.2 Å². The summed E-state index contributed by atoms with van der Waals surface area (Å²) in [7, 11) is 0. The minimum atomic E-state index is -0.880. The maximum absolute atomic E-state index is 11.9. The Morgan fingerprint density at radius 2 is 2.11 bits per heavy atom. The van der Waals surface area contributed by atoms with Crippen molar-refractivity contribution in [3.8, 4) is 0 Å². The second-order valence-corrected chi connectivity index (χ2v) is 6.04. The normalized spacial score (nSPS) is 16.3. The molecule has 1 saturated carbocycles. The van der Waals surface area contributed by atoms with Crippen LogP contribution in [0.3, 0.4) is 0 Å². The lowest BCUT2D eigenvalue weighted by Gasteiger charge is -2.41. The van der Waals surface area contributed by atoms with Crippen LogP contribution in [0.1, 0.15) is 25.7 Å². The van der Waals surface area contributed by atoms with Gasteiger partial charge < -0.3 is 15.7 Å². The van der Waals surface area contributed by atoms with E-state index in [4.69, 9.17) is 5.11 Å². The van der Waals surface area contributed by atoms with Gasteiger partial charge in [0.25, 0.3) is 0 Å². The number of aliphatic carboxylic acids is 1. The Morgan fingerprint density at radius 1 is 1.37 bits per heavy atom. The van der Waals surface area contributed by atoms with E-state index in [0.29, 0.717) is 5.69 Å². The van der Waals surface area contributed by atoms with Gasteiger partial charge in [-0.1, -0.05) is 6.07 Å². The zero-order valence-corrected chi connectivity index (χ0v) is 12.4. The Kier molecular flexibility index (Phi) is 4.28. The zero-order chi connectivity index (χ0) is 13.9. The average Bonchev–Trinajstić information content (AvgIpc) is 2.25. The Labute approximate surface area is 124 Å². The van der Waals surface area contributed by atoms with Crippen LogP contribution >= 0.6 is 22.6 Å². The molecule has 2 rings (SSSR count). The predicted molar refractivity (Wildman–Crippen MR) is 80.1 cm³/mol. The molecule has 1 aliphatic carbocycles. The first-order chi connectivity index (χ1) is 8.99. The van der Waals surface area contributed by atoms with Crippen molar-refractivity contribution in [1.29, 1.82) is 0 Å². The largest absolute Gasteiger partial charge is 0.481 e. The molecule has 0 radical (unpaired) electrons. The van der Waals surface area contributed by atoms with E-state index >= 15 is 0 Å². The van der Waals surface area contributed by atoms with Gasteiger partial charge in [0.1, 0.15) is 0 Å². The number of urea groups is 1. The Morgan fingerprint density at radius 3 is 2.63 bits per heavy atom. The van der Waals surface area contributed by atoms with Crippen LogP contribution in [0, 0.1) is 3.57 Å². The molecule has 0 aliphatic heterocycles. The van der Waals surface area contributed by atoms with Gasteiger partial charge in [-0.2, -0.15) is 0 Å². The van der Waals surface area contributed by atoms with Crippen molar-refractivity contribution in [3.63, 3.8) is 0 Å². The number of carbonyl (C=O) groups is 2. The zero-order valence-electron chi connectivity index (χ0n) is 10.3. The van der Waals surface area contributed by atoms with Crippen molar-refractivity contribution in [3.05, 3.63) is 27.8 Å². The van der Waals surface area contributed by atoms with Gasteiger partial charge in [0, 0.05) is 9.26 Å². The molecule has 6 heteroatoms. The van der Waals surface area contributed by atoms with Gasteiger partial charge in [-0.3, -0.25) is 4.79 Å². The van der Waals surface area contributed by atoms with E-state index < -0.39 is 11.5 Å². The molecule has 0 spiro atoms. The van der Waals surface area contributed by atoms with Gasteiger partial charge in [0.15, 0.2) is 0 Å². The number of rotatable bonds is 4. The van der Waals surface area contributed by atoms with Crippen LogP contribution in [0.2, 0.25) is 0 Å². The molecule has 19 heavy (non-hydrogen) atoms. The standard InChI is InChI=1S/C13H15IN2O3/c14-9-3-1-4-10(7-9)15-12(19)16-13(5-2-6-13)8-11(17)18/h1,3-4,7H,2,5-6,8H2,(H,17,18)(H2,15,16,19). The van der Waals surface area contributed by atoms with E-state index in [1.54, 1.807) is 6.07 Å². The lowest BCUT2D eigenvalue weighted by Crippen LogP contribution is -2.55. The summed E-state index contributed by atoms with van der Waals surface area (Å²) in [6.45, 7) is 0. The number of carboxylic acid groups (broad SMARTS) is 1. The molecule has 5 nitrogen and oxygen atoms in total. The molecule has 0 heterocycles. The predicted octanol–water partition coefficient (Wildman–Crippen LogP) is 2.81. The van der Waals surface area contributed by atoms with Gasteiger partial charge in [-0.15, -0.1) is 0 Å². The number of nitrogens with one attached hydrogen (secondary N) is 2. The van der Waals surface area contributed by atoms with Gasteiger partial charge in [-0.25, -0.2) is 4.79 Å². The molecule has 102 valence electrons. The third-order valence-corrected chi connectivity index (χ3v) is 3.93. The second-order valence-electron chi connectivity index (χ2n) is 4.79. The molecule has 1 aromatic rings. The lowest BCUT2D eigenvalue weighted by atomic mass is 9.74. The van der Waals surface area contributed by atoms with Gasteiger partial charge >= 0.3 is 12.0 Å². The quantitative estimate of drug-likeness (QED) is 0.710. The third-order valence-electron chi connectivity index (χ3n) is 3.26. The summed E-state index contributed by atoms with van der Waals surface area (Å²) in [5.41, 5.74) is 0.131. The summed E-state index contributed by atoms with van der Waals surface area (Å²) in [4.78, 5) is 22.7. The van der Waals surface area contributed by atoms with E-state index in [1.807, 2.05) is 18.2 Å². The number of amides is 2. The number of carboxylic acids is 1. The summed E-state index contributed by atoms with van der Waals surface area (Å²) in [6, 6.07) is 7.09. The smallest absolute Gasteiger partial charge is 0.319 e. The van der Waals surface area contributed by atoms with E-state index in [0.717, 1.165) is 22.8 Å². The number of benzene rings is 1. The summed E-state index contributed by atoms with van der Waals surface area (Å²) in [6.07, 6.45) is 2.38. The third kappa shape index (κ3) is 3.82. The molecule has 0 atom stereocenters. The van der Waals surface area contributed by atoms with Crippen molar-refractivity contribution in [2.75, 3.05) is 5.32 Å². The van der Waals surface area contributed by atoms with Crippen LogP contribution in [0.5, 0.6) is 0 Å². The highest BCUT2D eigenvalue weighted by molar-refractivity contribution is 14.1. The molecule has 1 aromatic carbocycles. The van der Waals surface area contributed by atoms with Gasteiger partial charge in [0.2, 0.25) is 0 Å². The summed E-state index contributed by atoms with van der Waals surface area (Å²) in [5.74, 6) is -0.880. The Balaban J connectivity index is 1.95. The van der Waals surface area contributed by atoms with Crippen LogP contribution in [0.4, 0.5) is 10.5 Å².